The Bertz CT molecular complexity index is 822. The quantitative estimate of drug-likeness (QED) is 0.658. The van der Waals surface area contributed by atoms with Gasteiger partial charge in [-0.15, -0.1) is 0 Å². The predicted molar refractivity (Wildman–Crippen MR) is 103 cm³/mol. The summed E-state index contributed by atoms with van der Waals surface area (Å²) in [6, 6.07) is 20.3. The molecular formula is C20H22N2OS. The lowest BCUT2D eigenvalue weighted by Gasteiger charge is -2.06. The molecule has 3 aromatic rings. The molecule has 2 aromatic carbocycles. The number of anilines is 1. The number of aryl methyl sites for hydroxylation is 1. The molecule has 0 saturated carbocycles. The smallest absolute Gasteiger partial charge is 0.284 e. The van der Waals surface area contributed by atoms with Gasteiger partial charge in [0.05, 0.1) is 4.88 Å². The van der Waals surface area contributed by atoms with Crippen molar-refractivity contribution in [2.24, 2.45) is 0 Å². The number of hydrogen-bond donors (Lipinski definition) is 1. The van der Waals surface area contributed by atoms with E-state index in [0.717, 1.165) is 29.8 Å². The summed E-state index contributed by atoms with van der Waals surface area (Å²) in [6.45, 7) is 3.58. The van der Waals surface area contributed by atoms with Gasteiger partial charge in [-0.2, -0.15) is 0 Å². The van der Waals surface area contributed by atoms with Crippen LogP contribution in [0.15, 0.2) is 65.5 Å². The molecule has 0 amide bonds. The molecule has 124 valence electrons. The Hall–Kier alpha value is -2.33. The molecular weight excluding hydrogens is 316 g/mol. The monoisotopic (exact) mass is 338 g/mol. The normalized spacial score (nSPS) is 10.7. The summed E-state index contributed by atoms with van der Waals surface area (Å²) in [5, 5.41) is 3.37. The van der Waals surface area contributed by atoms with E-state index in [-0.39, 0.29) is 5.56 Å². The Kier molecular flexibility index (Phi) is 5.49. The molecule has 0 aliphatic carbocycles. The topological polar surface area (TPSA) is 34.0 Å². The van der Waals surface area contributed by atoms with Crippen LogP contribution in [0.3, 0.4) is 0 Å². The minimum absolute atomic E-state index is 0.0863. The number of aromatic nitrogens is 1. The molecule has 0 fully saturated rings. The summed E-state index contributed by atoms with van der Waals surface area (Å²) in [5.74, 6) is 0. The fourth-order valence-electron chi connectivity index (χ4n) is 2.60. The van der Waals surface area contributed by atoms with Gasteiger partial charge in [-0.25, -0.2) is 0 Å². The van der Waals surface area contributed by atoms with E-state index in [1.165, 1.54) is 5.56 Å². The highest BCUT2D eigenvalue weighted by Crippen LogP contribution is 2.31. The minimum Gasteiger partial charge on any atom is -0.375 e. The summed E-state index contributed by atoms with van der Waals surface area (Å²) >= 11 is 1.56. The van der Waals surface area contributed by atoms with Crippen LogP contribution in [0, 0.1) is 0 Å². The van der Waals surface area contributed by atoms with Crippen LogP contribution in [-0.2, 0) is 13.1 Å². The maximum Gasteiger partial charge on any atom is 0.284 e. The number of rotatable bonds is 7. The maximum absolute atomic E-state index is 12.8. The minimum atomic E-state index is 0.0863. The first-order chi connectivity index (χ1) is 11.8. The van der Waals surface area contributed by atoms with Crippen molar-refractivity contribution < 1.29 is 0 Å². The molecule has 0 unspecified atom stereocenters. The Morgan fingerprint density at radius 3 is 2.33 bits per heavy atom. The average Bonchev–Trinajstić information content (AvgIpc) is 2.95. The van der Waals surface area contributed by atoms with Gasteiger partial charge in [0, 0.05) is 13.1 Å². The summed E-state index contributed by atoms with van der Waals surface area (Å²) in [5.41, 5.74) is 3.06. The van der Waals surface area contributed by atoms with E-state index in [9.17, 15) is 4.79 Å². The number of hydrogen-bond acceptors (Lipinski definition) is 3. The van der Waals surface area contributed by atoms with Gasteiger partial charge >= 0.3 is 0 Å². The van der Waals surface area contributed by atoms with Crippen LogP contribution in [0.2, 0.25) is 0 Å². The molecule has 3 rings (SSSR count). The zero-order valence-corrected chi connectivity index (χ0v) is 14.7. The van der Waals surface area contributed by atoms with Gasteiger partial charge in [-0.05, 0) is 17.5 Å². The second kappa shape index (κ2) is 7.97. The lowest BCUT2D eigenvalue weighted by atomic mass is 10.1. The highest BCUT2D eigenvalue weighted by atomic mass is 32.1. The molecule has 1 heterocycles. The molecule has 0 bridgehead atoms. The molecule has 0 aliphatic rings. The Balaban J connectivity index is 1.93. The Morgan fingerprint density at radius 2 is 1.67 bits per heavy atom. The molecule has 0 atom stereocenters. The highest BCUT2D eigenvalue weighted by Gasteiger charge is 2.16. The average molecular weight is 338 g/mol. The van der Waals surface area contributed by atoms with Gasteiger partial charge < -0.3 is 5.32 Å². The lowest BCUT2D eigenvalue weighted by Crippen LogP contribution is -2.17. The van der Waals surface area contributed by atoms with Crippen LogP contribution in [0.5, 0.6) is 0 Å². The standard InChI is InChI=1S/C20H22N2OS/c1-2-3-14-22-20(23)18(21-15-16-10-6-4-7-11-16)19(24-22)17-12-8-5-9-13-17/h4-13,21H,2-3,14-15H2,1H3. The van der Waals surface area contributed by atoms with E-state index < -0.39 is 0 Å². The lowest BCUT2D eigenvalue weighted by molar-refractivity contribution is 0.658. The van der Waals surface area contributed by atoms with Gasteiger partial charge in [-0.3, -0.25) is 8.75 Å². The summed E-state index contributed by atoms with van der Waals surface area (Å²) in [7, 11) is 0. The van der Waals surface area contributed by atoms with Crippen molar-refractivity contribution >= 4 is 17.2 Å². The van der Waals surface area contributed by atoms with Crippen LogP contribution in [-0.4, -0.2) is 3.96 Å². The van der Waals surface area contributed by atoms with E-state index >= 15 is 0 Å². The van der Waals surface area contributed by atoms with Crippen LogP contribution >= 0.6 is 11.5 Å². The van der Waals surface area contributed by atoms with Gasteiger partial charge in [0.1, 0.15) is 5.69 Å². The summed E-state index contributed by atoms with van der Waals surface area (Å²) in [6.07, 6.45) is 2.10. The maximum atomic E-state index is 12.8. The van der Waals surface area contributed by atoms with Gasteiger partial charge in [0.25, 0.3) is 5.56 Å². The number of benzene rings is 2. The van der Waals surface area contributed by atoms with E-state index in [1.54, 1.807) is 11.5 Å². The molecule has 1 aromatic heterocycles. The van der Waals surface area contributed by atoms with Crippen molar-refractivity contribution in [1.82, 2.24) is 3.96 Å². The molecule has 1 N–H and O–H groups in total. The van der Waals surface area contributed by atoms with Crippen LogP contribution in [0.4, 0.5) is 5.69 Å². The fraction of sp³-hybridized carbons (Fsp3) is 0.250. The van der Waals surface area contributed by atoms with Crippen molar-refractivity contribution in [3.63, 3.8) is 0 Å². The van der Waals surface area contributed by atoms with Crippen molar-refractivity contribution in [3.05, 3.63) is 76.6 Å². The zero-order chi connectivity index (χ0) is 16.8. The summed E-state index contributed by atoms with van der Waals surface area (Å²) < 4.78 is 1.87. The first kappa shape index (κ1) is 16.5. The van der Waals surface area contributed by atoms with Crippen LogP contribution in [0.1, 0.15) is 25.3 Å². The van der Waals surface area contributed by atoms with Crippen molar-refractivity contribution in [2.45, 2.75) is 32.9 Å². The Labute approximate surface area is 146 Å². The largest absolute Gasteiger partial charge is 0.375 e. The summed E-state index contributed by atoms with van der Waals surface area (Å²) in [4.78, 5) is 13.8. The predicted octanol–water partition coefficient (Wildman–Crippen LogP) is 4.99. The molecule has 4 heteroatoms. The zero-order valence-electron chi connectivity index (χ0n) is 13.9. The van der Waals surface area contributed by atoms with E-state index in [0.29, 0.717) is 12.2 Å². The first-order valence-corrected chi connectivity index (χ1v) is 9.14. The van der Waals surface area contributed by atoms with Crippen molar-refractivity contribution in [2.75, 3.05) is 5.32 Å². The second-order valence-electron chi connectivity index (χ2n) is 5.76. The number of nitrogens with zero attached hydrogens (tertiary/aromatic N) is 1. The highest BCUT2D eigenvalue weighted by molar-refractivity contribution is 7.10. The van der Waals surface area contributed by atoms with Gasteiger partial charge in [0.15, 0.2) is 0 Å². The second-order valence-corrected chi connectivity index (χ2v) is 6.79. The van der Waals surface area contributed by atoms with Crippen LogP contribution in [0.25, 0.3) is 10.4 Å². The van der Waals surface area contributed by atoms with E-state index in [2.05, 4.69) is 36.5 Å². The molecule has 0 spiro atoms. The fourth-order valence-corrected chi connectivity index (χ4v) is 3.70. The Morgan fingerprint density at radius 1 is 1.00 bits per heavy atom. The molecule has 0 radical (unpaired) electrons. The molecule has 24 heavy (non-hydrogen) atoms. The van der Waals surface area contributed by atoms with E-state index in [1.807, 2.05) is 40.4 Å². The SMILES string of the molecule is CCCCn1sc(-c2ccccc2)c(NCc2ccccc2)c1=O. The van der Waals surface area contributed by atoms with Crippen molar-refractivity contribution in [3.8, 4) is 10.4 Å². The van der Waals surface area contributed by atoms with Gasteiger partial charge in [0.2, 0.25) is 0 Å². The van der Waals surface area contributed by atoms with Gasteiger partial charge in [-0.1, -0.05) is 85.5 Å². The first-order valence-electron chi connectivity index (χ1n) is 8.37. The van der Waals surface area contributed by atoms with E-state index in [4.69, 9.17) is 0 Å². The third-order valence-electron chi connectivity index (χ3n) is 3.93. The molecule has 0 aliphatic heterocycles. The third kappa shape index (κ3) is 3.77. The third-order valence-corrected chi connectivity index (χ3v) is 5.12. The number of nitrogens with one attached hydrogen (secondary N) is 1. The van der Waals surface area contributed by atoms with Crippen LogP contribution < -0.4 is 10.9 Å². The number of unbranched alkanes of at least 4 members (excludes halogenated alkanes) is 1. The molecule has 0 saturated heterocycles. The molecule has 3 nitrogen and oxygen atoms in total. The van der Waals surface area contributed by atoms with Crippen molar-refractivity contribution in [1.29, 1.82) is 0 Å².